The molecule has 0 aliphatic heterocycles. The first-order valence-electron chi connectivity index (χ1n) is 14.1. The topological polar surface area (TPSA) is 131 Å². The van der Waals surface area contributed by atoms with Gasteiger partial charge >= 0.3 is 7.82 Å². The highest BCUT2D eigenvalue weighted by Gasteiger charge is 2.26. The minimum absolute atomic E-state index is 0.0714. The summed E-state index contributed by atoms with van der Waals surface area (Å²) in [6, 6.07) is -0.874. The van der Waals surface area contributed by atoms with E-state index >= 15 is 0 Å². The van der Waals surface area contributed by atoms with Crippen LogP contribution >= 0.6 is 7.82 Å². The van der Waals surface area contributed by atoms with Crippen molar-refractivity contribution in [1.82, 2.24) is 5.32 Å². The molecule has 0 heterocycles. The summed E-state index contributed by atoms with van der Waals surface area (Å²) in [6.07, 6.45) is 25.1. The molecule has 37 heavy (non-hydrogen) atoms. The van der Waals surface area contributed by atoms with Crippen molar-refractivity contribution in [1.29, 1.82) is 0 Å². The van der Waals surface area contributed by atoms with Gasteiger partial charge in [0.2, 0.25) is 5.91 Å². The van der Waals surface area contributed by atoms with Crippen LogP contribution in [0.2, 0.25) is 0 Å². The predicted molar refractivity (Wildman–Crippen MR) is 152 cm³/mol. The summed E-state index contributed by atoms with van der Waals surface area (Å²) >= 11 is 0. The van der Waals surface area contributed by atoms with E-state index in [0.717, 1.165) is 44.9 Å². The lowest BCUT2D eigenvalue weighted by Gasteiger charge is -2.23. The van der Waals surface area contributed by atoms with Gasteiger partial charge in [-0.15, -0.1) is 0 Å². The van der Waals surface area contributed by atoms with Gasteiger partial charge in [-0.25, -0.2) is 4.57 Å². The third-order valence-electron chi connectivity index (χ3n) is 5.79. The fraction of sp³-hybridized carbons (Fsp3) is 0.750. The smallest absolute Gasteiger partial charge is 0.387 e. The van der Waals surface area contributed by atoms with E-state index in [4.69, 9.17) is 14.8 Å². The first kappa shape index (κ1) is 35.7. The predicted octanol–water partition coefficient (Wildman–Crippen LogP) is 6.09. The van der Waals surface area contributed by atoms with E-state index in [-0.39, 0.29) is 25.7 Å². The Bertz CT molecular complexity index is 684. The Morgan fingerprint density at radius 3 is 2.08 bits per heavy atom. The van der Waals surface area contributed by atoms with Gasteiger partial charge < -0.3 is 21.1 Å². The summed E-state index contributed by atoms with van der Waals surface area (Å²) in [7, 11) is -4.32. The van der Waals surface area contributed by atoms with Gasteiger partial charge in [0.05, 0.1) is 25.4 Å². The number of aliphatic hydroxyl groups excluding tert-OH is 1. The summed E-state index contributed by atoms with van der Waals surface area (Å²) in [4.78, 5) is 22.3. The number of aliphatic hydroxyl groups is 1. The van der Waals surface area contributed by atoms with Crippen LogP contribution in [-0.2, 0) is 18.4 Å². The number of amides is 1. The average Bonchev–Trinajstić information content (AvgIpc) is 2.87. The van der Waals surface area contributed by atoms with Crippen LogP contribution in [0.4, 0.5) is 0 Å². The van der Waals surface area contributed by atoms with Crippen molar-refractivity contribution in [2.45, 2.75) is 116 Å². The van der Waals surface area contributed by atoms with Crippen molar-refractivity contribution in [3.8, 4) is 0 Å². The SMILES string of the molecule is C/C=C/CC/C=C/CC/C=C/C(O)C(COP(=O)(O)OCCN)NC(=O)CCCCCCCCCCC. The molecule has 5 N–H and O–H groups in total. The second-order valence-electron chi connectivity index (χ2n) is 9.25. The minimum Gasteiger partial charge on any atom is -0.387 e. The maximum atomic E-state index is 12.5. The summed E-state index contributed by atoms with van der Waals surface area (Å²) < 4.78 is 21.8. The minimum atomic E-state index is -4.32. The molecule has 0 fully saturated rings. The van der Waals surface area contributed by atoms with Gasteiger partial charge in [0.25, 0.3) is 0 Å². The van der Waals surface area contributed by atoms with Crippen molar-refractivity contribution in [3.63, 3.8) is 0 Å². The number of hydrogen-bond acceptors (Lipinski definition) is 6. The van der Waals surface area contributed by atoms with Crippen molar-refractivity contribution in [2.75, 3.05) is 19.8 Å². The molecule has 0 aliphatic rings. The van der Waals surface area contributed by atoms with E-state index in [1.165, 1.54) is 38.5 Å². The van der Waals surface area contributed by atoms with Crippen molar-refractivity contribution in [2.24, 2.45) is 5.73 Å². The molecule has 0 aromatic rings. The number of carbonyl (C=O) groups excluding carboxylic acids is 1. The maximum Gasteiger partial charge on any atom is 0.472 e. The number of hydrogen-bond donors (Lipinski definition) is 4. The third-order valence-corrected chi connectivity index (χ3v) is 6.78. The molecule has 1 amide bonds. The Hall–Kier alpha value is -1.28. The van der Waals surface area contributed by atoms with Crippen LogP contribution in [0.15, 0.2) is 36.5 Å². The highest BCUT2D eigenvalue weighted by atomic mass is 31.2. The zero-order valence-corrected chi connectivity index (χ0v) is 24.1. The van der Waals surface area contributed by atoms with Crippen LogP contribution in [-0.4, -0.2) is 47.8 Å². The lowest BCUT2D eigenvalue weighted by atomic mass is 10.1. The number of nitrogens with two attached hydrogens (primary N) is 1. The van der Waals surface area contributed by atoms with Crippen LogP contribution in [0.3, 0.4) is 0 Å². The molecule has 3 unspecified atom stereocenters. The van der Waals surface area contributed by atoms with Gasteiger partial charge in [-0.2, -0.15) is 0 Å². The molecule has 0 saturated carbocycles. The summed E-state index contributed by atoms with van der Waals surface area (Å²) in [6.45, 7) is 3.79. The number of carbonyl (C=O) groups is 1. The molecule has 0 rings (SSSR count). The second kappa shape index (κ2) is 25.0. The Morgan fingerprint density at radius 2 is 1.49 bits per heavy atom. The zero-order valence-electron chi connectivity index (χ0n) is 23.2. The average molecular weight is 545 g/mol. The quantitative estimate of drug-likeness (QED) is 0.0621. The van der Waals surface area contributed by atoms with Crippen LogP contribution in [0.25, 0.3) is 0 Å². The van der Waals surface area contributed by atoms with Crippen LogP contribution < -0.4 is 11.1 Å². The fourth-order valence-electron chi connectivity index (χ4n) is 3.64. The summed E-state index contributed by atoms with van der Waals surface area (Å²) in [5.74, 6) is -0.219. The van der Waals surface area contributed by atoms with Gasteiger partial charge in [0.1, 0.15) is 0 Å². The van der Waals surface area contributed by atoms with Gasteiger partial charge in [-0.3, -0.25) is 13.8 Å². The molecule has 0 aromatic heterocycles. The Balaban J connectivity index is 4.59. The van der Waals surface area contributed by atoms with E-state index in [1.54, 1.807) is 6.08 Å². The van der Waals surface area contributed by atoms with Crippen LogP contribution in [0.5, 0.6) is 0 Å². The maximum absolute atomic E-state index is 12.5. The molecule has 216 valence electrons. The fourth-order valence-corrected chi connectivity index (χ4v) is 4.40. The van der Waals surface area contributed by atoms with Crippen molar-refractivity contribution >= 4 is 13.7 Å². The lowest BCUT2D eigenvalue weighted by molar-refractivity contribution is -0.123. The number of nitrogens with one attached hydrogen (secondary N) is 1. The molecule has 0 aromatic carbocycles. The van der Waals surface area contributed by atoms with Gasteiger partial charge in [-0.1, -0.05) is 94.7 Å². The van der Waals surface area contributed by atoms with Gasteiger partial charge in [0.15, 0.2) is 0 Å². The number of unbranched alkanes of at least 4 members (excludes halogenated alkanes) is 10. The molecular formula is C28H53N2O6P. The highest BCUT2D eigenvalue weighted by Crippen LogP contribution is 2.43. The molecule has 0 aliphatic carbocycles. The number of allylic oxidation sites excluding steroid dienone is 5. The van der Waals surface area contributed by atoms with E-state index in [2.05, 4.69) is 30.5 Å². The summed E-state index contributed by atoms with van der Waals surface area (Å²) in [5.41, 5.74) is 5.30. The van der Waals surface area contributed by atoms with Crippen LogP contribution in [0, 0.1) is 0 Å². The van der Waals surface area contributed by atoms with Crippen LogP contribution in [0.1, 0.15) is 104 Å². The van der Waals surface area contributed by atoms with E-state index in [9.17, 15) is 19.4 Å². The Kier molecular flexibility index (Phi) is 24.2. The highest BCUT2D eigenvalue weighted by molar-refractivity contribution is 7.47. The van der Waals surface area contributed by atoms with Gasteiger partial charge in [0, 0.05) is 13.0 Å². The van der Waals surface area contributed by atoms with E-state index in [0.29, 0.717) is 6.42 Å². The summed E-state index contributed by atoms with van der Waals surface area (Å²) in [5, 5.41) is 13.4. The van der Waals surface area contributed by atoms with Gasteiger partial charge in [-0.05, 0) is 39.0 Å². The first-order chi connectivity index (χ1) is 17.9. The molecule has 0 saturated heterocycles. The molecule has 3 atom stereocenters. The van der Waals surface area contributed by atoms with E-state index < -0.39 is 20.0 Å². The monoisotopic (exact) mass is 544 g/mol. The zero-order chi connectivity index (χ0) is 27.6. The largest absolute Gasteiger partial charge is 0.472 e. The standard InChI is InChI=1S/C28H53N2O6P/c1-3-5-7-9-11-13-15-17-19-21-27(31)26(25-36-37(33,34)35-24-23-29)30-28(32)22-20-18-16-14-12-10-8-6-4-2/h3,5,11,13,19,21,26-27,31H,4,6-10,12,14-18,20,22-25,29H2,1-2H3,(H,30,32)(H,33,34)/b5-3+,13-11+,21-19+. The van der Waals surface area contributed by atoms with Crippen molar-refractivity contribution < 1.29 is 28.4 Å². The lowest BCUT2D eigenvalue weighted by Crippen LogP contribution is -2.45. The number of phosphoric acid groups is 1. The normalized spacial score (nSPS) is 15.5. The van der Waals surface area contributed by atoms with E-state index in [1.807, 2.05) is 19.1 Å². The molecule has 9 heteroatoms. The second-order valence-corrected chi connectivity index (χ2v) is 10.7. The van der Waals surface area contributed by atoms with Crippen molar-refractivity contribution in [3.05, 3.63) is 36.5 Å². The first-order valence-corrected chi connectivity index (χ1v) is 15.6. The molecule has 0 spiro atoms. The molecule has 0 radical (unpaired) electrons. The number of rotatable bonds is 25. The third kappa shape index (κ3) is 23.6. The molecule has 0 bridgehead atoms. The number of phosphoric ester groups is 1. The Labute approximate surface area is 225 Å². The molecule has 8 nitrogen and oxygen atoms in total. The Morgan fingerprint density at radius 1 is 0.919 bits per heavy atom. The molecular weight excluding hydrogens is 491 g/mol.